The van der Waals surface area contributed by atoms with Gasteiger partial charge in [0.2, 0.25) is 0 Å². The van der Waals surface area contributed by atoms with Gasteiger partial charge in [0.1, 0.15) is 17.8 Å². The lowest BCUT2D eigenvalue weighted by atomic mass is 10.1. The number of nitrogens with zero attached hydrogens (tertiary/aromatic N) is 2. The first kappa shape index (κ1) is 22.5. The summed E-state index contributed by atoms with van der Waals surface area (Å²) in [5, 5.41) is 0.735. The Morgan fingerprint density at radius 2 is 1.60 bits per heavy atom. The highest BCUT2D eigenvalue weighted by molar-refractivity contribution is 7.92. The Morgan fingerprint density at radius 3 is 2.31 bits per heavy atom. The molecule has 2 heterocycles. The topological polar surface area (TPSA) is 97.0 Å². The number of fused-ring (bicyclic) bond motifs is 1. The lowest BCUT2D eigenvalue weighted by Crippen LogP contribution is -2.13. The number of hydrogen-bond acceptors (Lipinski definition) is 5. The molecular weight excluding hydrogens is 474 g/mol. The molecule has 0 saturated heterocycles. The summed E-state index contributed by atoms with van der Waals surface area (Å²) >= 11 is 0. The molecule has 0 spiro atoms. The second kappa shape index (κ2) is 8.80. The summed E-state index contributed by atoms with van der Waals surface area (Å²) in [6, 6.07) is 17.9. The number of aromatic nitrogens is 3. The molecule has 35 heavy (non-hydrogen) atoms. The Hall–Kier alpha value is -4.31. The molecule has 7 nitrogen and oxygen atoms in total. The van der Waals surface area contributed by atoms with Gasteiger partial charge in [-0.3, -0.25) is 4.72 Å². The van der Waals surface area contributed by atoms with E-state index in [0.29, 0.717) is 16.9 Å². The summed E-state index contributed by atoms with van der Waals surface area (Å²) in [6.45, 7) is 0. The number of halogens is 2. The molecule has 0 bridgehead atoms. The van der Waals surface area contributed by atoms with Gasteiger partial charge in [-0.25, -0.2) is 27.2 Å². The molecule has 5 aromatic rings. The Morgan fingerprint density at radius 1 is 0.886 bits per heavy atom. The molecule has 0 aliphatic carbocycles. The quantitative estimate of drug-likeness (QED) is 0.332. The summed E-state index contributed by atoms with van der Waals surface area (Å²) < 4.78 is 59.9. The fourth-order valence-electron chi connectivity index (χ4n) is 3.68. The van der Waals surface area contributed by atoms with Crippen LogP contribution in [-0.2, 0) is 10.0 Å². The van der Waals surface area contributed by atoms with Crippen molar-refractivity contribution in [3.8, 4) is 28.3 Å². The number of nitrogens with one attached hydrogen (secondary N) is 2. The fraction of sp³-hybridized carbons (Fsp3) is 0.0400. The van der Waals surface area contributed by atoms with Gasteiger partial charge in [0.15, 0.2) is 11.6 Å². The van der Waals surface area contributed by atoms with Gasteiger partial charge in [0, 0.05) is 22.7 Å². The fourth-order valence-corrected chi connectivity index (χ4v) is 4.73. The molecule has 0 unspecified atom stereocenters. The number of methoxy groups -OCH3 is 1. The predicted octanol–water partition coefficient (Wildman–Crippen LogP) is 5.38. The van der Waals surface area contributed by atoms with E-state index in [0.717, 1.165) is 22.7 Å². The monoisotopic (exact) mass is 492 g/mol. The maximum atomic E-state index is 13.6. The molecule has 2 aromatic heterocycles. The maximum absolute atomic E-state index is 13.6. The molecule has 3 aromatic carbocycles. The van der Waals surface area contributed by atoms with Crippen LogP contribution in [0.1, 0.15) is 0 Å². The first-order valence-electron chi connectivity index (χ1n) is 10.4. The van der Waals surface area contributed by atoms with Crippen molar-refractivity contribution in [2.75, 3.05) is 11.8 Å². The lowest BCUT2D eigenvalue weighted by molar-refractivity contribution is 0.387. The highest BCUT2D eigenvalue weighted by atomic mass is 32.2. The standard InChI is InChI=1S/C25H18F2N4O3S/c1-34-23-12-18(8-11-21(23)27)31-35(32,33)19-9-4-16(5-10-19)24-20-13-22(30-25(20)29-14-28-24)15-2-6-17(26)7-3-15/h2-14,31H,1H3,(H,28,29,30). The van der Waals surface area contributed by atoms with Gasteiger partial charge in [0.05, 0.1) is 23.4 Å². The van der Waals surface area contributed by atoms with Crippen LogP contribution in [0.4, 0.5) is 14.5 Å². The zero-order valence-corrected chi connectivity index (χ0v) is 19.1. The maximum Gasteiger partial charge on any atom is 0.261 e. The van der Waals surface area contributed by atoms with Gasteiger partial charge in [-0.2, -0.15) is 0 Å². The number of benzene rings is 3. The van der Waals surface area contributed by atoms with Crippen molar-refractivity contribution < 1.29 is 21.9 Å². The molecule has 0 fully saturated rings. The van der Waals surface area contributed by atoms with Crippen molar-refractivity contribution >= 4 is 26.7 Å². The first-order chi connectivity index (χ1) is 16.8. The van der Waals surface area contributed by atoms with Gasteiger partial charge in [0.25, 0.3) is 10.0 Å². The summed E-state index contributed by atoms with van der Waals surface area (Å²) in [7, 11) is -2.63. The van der Waals surface area contributed by atoms with Crippen LogP contribution in [-0.4, -0.2) is 30.5 Å². The van der Waals surface area contributed by atoms with Crippen LogP contribution in [0.2, 0.25) is 0 Å². The van der Waals surface area contributed by atoms with Crippen LogP contribution in [0.5, 0.6) is 5.75 Å². The van der Waals surface area contributed by atoms with Crippen molar-refractivity contribution in [3.05, 3.63) is 90.8 Å². The molecule has 176 valence electrons. The first-order valence-corrected chi connectivity index (χ1v) is 11.9. The van der Waals surface area contributed by atoms with Crippen molar-refractivity contribution in [2.45, 2.75) is 4.90 Å². The molecule has 0 radical (unpaired) electrons. The highest BCUT2D eigenvalue weighted by Crippen LogP contribution is 2.31. The normalized spacial score (nSPS) is 11.5. The lowest BCUT2D eigenvalue weighted by Gasteiger charge is -2.10. The largest absolute Gasteiger partial charge is 0.494 e. The van der Waals surface area contributed by atoms with E-state index < -0.39 is 15.8 Å². The molecular formula is C25H18F2N4O3S. The third-order valence-corrected chi connectivity index (χ3v) is 6.82. The Balaban J connectivity index is 1.45. The van der Waals surface area contributed by atoms with E-state index in [4.69, 9.17) is 4.74 Å². The molecule has 0 saturated carbocycles. The number of hydrogen-bond donors (Lipinski definition) is 2. The molecule has 0 atom stereocenters. The average Bonchev–Trinajstić information content (AvgIpc) is 3.30. The highest BCUT2D eigenvalue weighted by Gasteiger charge is 2.17. The molecule has 0 amide bonds. The zero-order chi connectivity index (χ0) is 24.6. The Kier molecular flexibility index (Phi) is 5.65. The van der Waals surface area contributed by atoms with Gasteiger partial charge in [-0.05, 0) is 60.2 Å². The van der Waals surface area contributed by atoms with Crippen LogP contribution in [0.25, 0.3) is 33.5 Å². The predicted molar refractivity (Wildman–Crippen MR) is 128 cm³/mol. The van der Waals surface area contributed by atoms with E-state index in [2.05, 4.69) is 19.7 Å². The van der Waals surface area contributed by atoms with E-state index in [9.17, 15) is 17.2 Å². The third kappa shape index (κ3) is 4.43. The van der Waals surface area contributed by atoms with E-state index in [1.807, 2.05) is 6.07 Å². The summed E-state index contributed by atoms with van der Waals surface area (Å²) in [5.74, 6) is -0.989. The van der Waals surface area contributed by atoms with Crippen LogP contribution >= 0.6 is 0 Å². The number of anilines is 1. The molecule has 5 rings (SSSR count). The van der Waals surface area contributed by atoms with Crippen molar-refractivity contribution in [1.29, 1.82) is 0 Å². The van der Waals surface area contributed by atoms with E-state index in [1.165, 1.54) is 49.8 Å². The van der Waals surface area contributed by atoms with E-state index in [-0.39, 0.29) is 22.1 Å². The van der Waals surface area contributed by atoms with Gasteiger partial charge in [-0.15, -0.1) is 0 Å². The second-order valence-electron chi connectivity index (χ2n) is 7.65. The number of aromatic amines is 1. The summed E-state index contributed by atoms with van der Waals surface area (Å²) in [6.07, 6.45) is 1.41. The van der Waals surface area contributed by atoms with Crippen LogP contribution in [0, 0.1) is 11.6 Å². The molecule has 10 heteroatoms. The summed E-state index contributed by atoms with van der Waals surface area (Å²) in [4.78, 5) is 11.9. The Bertz CT molecular complexity index is 1630. The SMILES string of the molecule is COc1cc(NS(=O)(=O)c2ccc(-c3ncnc4[nH]c(-c5ccc(F)cc5)cc34)cc2)ccc1F. The number of rotatable bonds is 6. The molecule has 0 aliphatic heterocycles. The van der Waals surface area contributed by atoms with Crippen molar-refractivity contribution in [2.24, 2.45) is 0 Å². The van der Waals surface area contributed by atoms with Crippen LogP contribution in [0.3, 0.4) is 0 Å². The smallest absolute Gasteiger partial charge is 0.261 e. The minimum Gasteiger partial charge on any atom is -0.494 e. The van der Waals surface area contributed by atoms with E-state index >= 15 is 0 Å². The van der Waals surface area contributed by atoms with E-state index in [1.54, 1.807) is 24.3 Å². The number of H-pyrrole nitrogens is 1. The molecule has 0 aliphatic rings. The average molecular weight is 493 g/mol. The van der Waals surface area contributed by atoms with Gasteiger partial charge < -0.3 is 9.72 Å². The Labute approximate surface area is 199 Å². The third-order valence-electron chi connectivity index (χ3n) is 5.42. The molecule has 2 N–H and O–H groups in total. The van der Waals surface area contributed by atoms with Crippen LogP contribution in [0.15, 0.2) is 84.0 Å². The second-order valence-corrected chi connectivity index (χ2v) is 9.34. The minimum absolute atomic E-state index is 0.0240. The van der Waals surface area contributed by atoms with Gasteiger partial charge >= 0.3 is 0 Å². The van der Waals surface area contributed by atoms with Crippen LogP contribution < -0.4 is 9.46 Å². The number of sulfonamides is 1. The van der Waals surface area contributed by atoms with Crippen molar-refractivity contribution in [1.82, 2.24) is 15.0 Å². The summed E-state index contributed by atoms with van der Waals surface area (Å²) in [5.41, 5.74) is 3.60. The van der Waals surface area contributed by atoms with Crippen molar-refractivity contribution in [3.63, 3.8) is 0 Å². The zero-order valence-electron chi connectivity index (χ0n) is 18.3. The minimum atomic E-state index is -3.93. The van der Waals surface area contributed by atoms with Gasteiger partial charge in [-0.1, -0.05) is 12.1 Å². The number of ether oxygens (including phenoxy) is 1.